The van der Waals surface area contributed by atoms with Crippen molar-refractivity contribution in [2.45, 2.75) is 18.9 Å². The predicted molar refractivity (Wildman–Crippen MR) is 89.8 cm³/mol. The summed E-state index contributed by atoms with van der Waals surface area (Å²) in [5, 5.41) is 0.539. The van der Waals surface area contributed by atoms with Gasteiger partial charge < -0.3 is 19.1 Å². The second-order valence-electron chi connectivity index (χ2n) is 5.90. The van der Waals surface area contributed by atoms with Gasteiger partial charge in [0, 0.05) is 25.9 Å². The molecule has 0 unspecified atom stereocenters. The Morgan fingerprint density at radius 3 is 2.92 bits per heavy atom. The summed E-state index contributed by atoms with van der Waals surface area (Å²) in [6.07, 6.45) is 2.80. The van der Waals surface area contributed by atoms with E-state index in [4.69, 9.17) is 14.2 Å². The summed E-state index contributed by atoms with van der Waals surface area (Å²) in [5.74, 6) is -0.162. The number of fused-ring (bicyclic) bond motifs is 1. The van der Waals surface area contributed by atoms with Crippen LogP contribution in [0.25, 0.3) is 10.2 Å². The van der Waals surface area contributed by atoms with Crippen LogP contribution in [0.5, 0.6) is 5.19 Å². The lowest BCUT2D eigenvalue weighted by Gasteiger charge is -2.32. The molecule has 2 aromatic rings. The number of hydrogen-bond acceptors (Lipinski definition) is 6. The number of carbonyl (C=O) groups is 1. The van der Waals surface area contributed by atoms with Gasteiger partial charge in [-0.2, -0.15) is 0 Å². The Hall–Kier alpha value is -2.35. The molecule has 1 fully saturated rings. The van der Waals surface area contributed by atoms with E-state index < -0.39 is 0 Å². The Labute approximate surface area is 147 Å². The summed E-state index contributed by atoms with van der Waals surface area (Å²) >= 11 is 1.34. The van der Waals surface area contributed by atoms with Gasteiger partial charge in [-0.1, -0.05) is 11.3 Å². The molecule has 8 heteroatoms. The Morgan fingerprint density at radius 2 is 2.16 bits per heavy atom. The topological polar surface area (TPSA) is 60.9 Å². The van der Waals surface area contributed by atoms with Gasteiger partial charge in [-0.3, -0.25) is 4.79 Å². The zero-order valence-corrected chi connectivity index (χ0v) is 14.3. The minimum absolute atomic E-state index is 0.00744. The van der Waals surface area contributed by atoms with Crippen molar-refractivity contribution in [1.29, 1.82) is 0 Å². The quantitative estimate of drug-likeness (QED) is 0.838. The molecule has 0 bridgehead atoms. The third-order valence-corrected chi connectivity index (χ3v) is 5.10. The molecule has 0 N–H and O–H groups in total. The van der Waals surface area contributed by atoms with Crippen molar-refractivity contribution in [1.82, 2.24) is 9.88 Å². The van der Waals surface area contributed by atoms with Gasteiger partial charge >= 0.3 is 0 Å². The van der Waals surface area contributed by atoms with E-state index in [1.54, 1.807) is 11.0 Å². The second-order valence-corrected chi connectivity index (χ2v) is 6.90. The number of aromatic nitrogens is 1. The van der Waals surface area contributed by atoms with Crippen molar-refractivity contribution in [3.63, 3.8) is 0 Å². The minimum Gasteiger partial charge on any atom is -0.494 e. The molecule has 1 aromatic heterocycles. The standard InChI is InChI=1S/C17H17FN2O4S/c18-11-1-2-13-15(9-11)25-17(19-13)24-12-3-5-20(6-4-12)16(21)14-10-22-7-8-23-14/h1-2,9-10,12H,3-8H2. The maximum atomic E-state index is 13.3. The van der Waals surface area contributed by atoms with E-state index >= 15 is 0 Å². The zero-order chi connectivity index (χ0) is 17.2. The summed E-state index contributed by atoms with van der Waals surface area (Å²) in [6, 6.07) is 4.50. The van der Waals surface area contributed by atoms with Gasteiger partial charge in [-0.05, 0) is 18.2 Å². The van der Waals surface area contributed by atoms with Gasteiger partial charge in [0.05, 0.1) is 10.2 Å². The lowest BCUT2D eigenvalue weighted by molar-refractivity contribution is -0.134. The summed E-state index contributed by atoms with van der Waals surface area (Å²) in [7, 11) is 0. The number of piperidine rings is 1. The SMILES string of the molecule is O=C(C1=COCCO1)N1CCC(Oc2nc3ccc(F)cc3s2)CC1. The van der Waals surface area contributed by atoms with E-state index in [2.05, 4.69) is 4.98 Å². The predicted octanol–water partition coefficient (Wildman–Crippen LogP) is 2.69. The number of thiazole rings is 1. The number of benzene rings is 1. The second kappa shape index (κ2) is 6.87. The van der Waals surface area contributed by atoms with Gasteiger partial charge in [-0.15, -0.1) is 0 Å². The third kappa shape index (κ3) is 3.53. The van der Waals surface area contributed by atoms with Gasteiger partial charge in [-0.25, -0.2) is 9.37 Å². The first-order valence-electron chi connectivity index (χ1n) is 8.15. The van der Waals surface area contributed by atoms with Crippen molar-refractivity contribution < 1.29 is 23.4 Å². The lowest BCUT2D eigenvalue weighted by Crippen LogP contribution is -2.43. The maximum Gasteiger partial charge on any atom is 0.292 e. The van der Waals surface area contributed by atoms with Gasteiger partial charge in [0.25, 0.3) is 11.1 Å². The molecule has 2 aliphatic rings. The summed E-state index contributed by atoms with van der Waals surface area (Å²) in [6.45, 7) is 2.04. The van der Waals surface area contributed by atoms with Crippen LogP contribution in [-0.2, 0) is 14.3 Å². The molecule has 1 saturated heterocycles. The maximum absolute atomic E-state index is 13.3. The molecule has 1 aromatic carbocycles. The number of hydrogen-bond donors (Lipinski definition) is 0. The molecule has 4 rings (SSSR count). The third-order valence-electron chi connectivity index (χ3n) is 4.19. The van der Waals surface area contributed by atoms with Crippen molar-refractivity contribution in [3.8, 4) is 5.19 Å². The molecule has 0 saturated carbocycles. The highest BCUT2D eigenvalue weighted by atomic mass is 32.1. The van der Waals surface area contributed by atoms with E-state index in [1.165, 1.54) is 29.7 Å². The van der Waals surface area contributed by atoms with Crippen LogP contribution in [0.1, 0.15) is 12.8 Å². The number of amides is 1. The Balaban J connectivity index is 1.35. The fourth-order valence-electron chi connectivity index (χ4n) is 2.88. The minimum atomic E-state index is -0.280. The molecule has 3 heterocycles. The van der Waals surface area contributed by atoms with Crippen molar-refractivity contribution >= 4 is 27.5 Å². The summed E-state index contributed by atoms with van der Waals surface area (Å²) in [5.41, 5.74) is 0.732. The molecule has 6 nitrogen and oxygen atoms in total. The molecule has 0 aliphatic carbocycles. The van der Waals surface area contributed by atoms with Gasteiger partial charge in [0.2, 0.25) is 5.76 Å². The molecule has 25 heavy (non-hydrogen) atoms. The monoisotopic (exact) mass is 364 g/mol. The highest BCUT2D eigenvalue weighted by molar-refractivity contribution is 7.20. The summed E-state index contributed by atoms with van der Waals surface area (Å²) in [4.78, 5) is 18.5. The zero-order valence-electron chi connectivity index (χ0n) is 13.4. The van der Waals surface area contributed by atoms with Crippen LogP contribution >= 0.6 is 11.3 Å². The van der Waals surface area contributed by atoms with E-state index in [0.29, 0.717) is 44.3 Å². The largest absolute Gasteiger partial charge is 0.494 e. The highest BCUT2D eigenvalue weighted by Crippen LogP contribution is 2.30. The van der Waals surface area contributed by atoms with Crippen LogP contribution in [0.15, 0.2) is 30.2 Å². The molecule has 0 spiro atoms. The fourth-order valence-corrected chi connectivity index (χ4v) is 3.79. The van der Waals surface area contributed by atoms with Crippen molar-refractivity contribution in [2.75, 3.05) is 26.3 Å². The molecule has 0 atom stereocenters. The highest BCUT2D eigenvalue weighted by Gasteiger charge is 2.28. The van der Waals surface area contributed by atoms with Crippen molar-refractivity contribution in [2.24, 2.45) is 0 Å². The van der Waals surface area contributed by atoms with Crippen LogP contribution in [-0.4, -0.2) is 48.2 Å². The van der Waals surface area contributed by atoms with Crippen LogP contribution in [0.2, 0.25) is 0 Å². The Bertz CT molecular complexity index is 814. The van der Waals surface area contributed by atoms with E-state index in [1.807, 2.05) is 0 Å². The van der Waals surface area contributed by atoms with Crippen LogP contribution in [0.4, 0.5) is 4.39 Å². The molecular formula is C17H17FN2O4S. The first-order chi connectivity index (χ1) is 12.2. The van der Waals surface area contributed by atoms with Crippen LogP contribution < -0.4 is 4.74 Å². The van der Waals surface area contributed by atoms with E-state index in [0.717, 1.165) is 10.2 Å². The Kier molecular flexibility index (Phi) is 4.44. The average molecular weight is 364 g/mol. The first kappa shape index (κ1) is 16.1. The van der Waals surface area contributed by atoms with Gasteiger partial charge in [0.1, 0.15) is 31.4 Å². The van der Waals surface area contributed by atoms with Crippen LogP contribution in [0.3, 0.4) is 0 Å². The fraction of sp³-hybridized carbons (Fsp3) is 0.412. The van der Waals surface area contributed by atoms with Crippen molar-refractivity contribution in [3.05, 3.63) is 36.0 Å². The molecular weight excluding hydrogens is 347 g/mol. The van der Waals surface area contributed by atoms with E-state index in [9.17, 15) is 9.18 Å². The number of halogens is 1. The first-order valence-corrected chi connectivity index (χ1v) is 8.97. The molecule has 1 amide bonds. The molecule has 2 aliphatic heterocycles. The smallest absolute Gasteiger partial charge is 0.292 e. The lowest BCUT2D eigenvalue weighted by atomic mass is 10.1. The van der Waals surface area contributed by atoms with Gasteiger partial charge in [0.15, 0.2) is 0 Å². The number of likely N-dealkylation sites (tertiary alicyclic amines) is 1. The van der Waals surface area contributed by atoms with E-state index in [-0.39, 0.29) is 23.6 Å². The molecule has 132 valence electrons. The number of rotatable bonds is 3. The number of ether oxygens (including phenoxy) is 3. The molecule has 0 radical (unpaired) electrons. The summed E-state index contributed by atoms with van der Waals surface area (Å²) < 4.78 is 30.4. The van der Waals surface area contributed by atoms with Crippen LogP contribution in [0, 0.1) is 5.82 Å². The Morgan fingerprint density at radius 1 is 1.32 bits per heavy atom. The average Bonchev–Trinajstić information content (AvgIpc) is 3.04. The normalized spacial score (nSPS) is 18.4. The number of carbonyl (C=O) groups excluding carboxylic acids is 1. The number of nitrogens with zero attached hydrogens (tertiary/aromatic N) is 2.